The van der Waals surface area contributed by atoms with Gasteiger partial charge < -0.3 is 22.9 Å². The van der Waals surface area contributed by atoms with Crippen molar-refractivity contribution in [3.8, 4) is 0 Å². The first-order valence-corrected chi connectivity index (χ1v) is 6.89. The summed E-state index contributed by atoms with van der Waals surface area (Å²) < 4.78 is 0. The number of aryl methyl sites for hydroxylation is 1. The van der Waals surface area contributed by atoms with E-state index >= 15 is 0 Å². The van der Waals surface area contributed by atoms with E-state index in [1.807, 2.05) is 39.8 Å². The summed E-state index contributed by atoms with van der Waals surface area (Å²) in [5.41, 5.74) is 31.4. The van der Waals surface area contributed by atoms with Crippen LogP contribution in [0.1, 0.15) is 27.8 Å². The smallest absolute Gasteiger partial charge is 0.0397 e. The number of hydrogen-bond donors (Lipinski definition) is 4. The van der Waals surface area contributed by atoms with E-state index in [4.69, 9.17) is 22.9 Å². The van der Waals surface area contributed by atoms with Gasteiger partial charge >= 0.3 is 0 Å². The molecule has 0 aliphatic rings. The topological polar surface area (TPSA) is 104 Å². The standard InChI is InChI=1S/C10H16N2.C7H10N2/c1-5-6(2)9(11)8(4)10(12)7(5)3;1-5-2-6(8)4-7(9)3-5/h11-12H2,1-4H3;2-4H,8-9H2,1H3. The van der Waals surface area contributed by atoms with Gasteiger partial charge in [-0.3, -0.25) is 0 Å². The second kappa shape index (κ2) is 6.39. The number of hydrogen-bond acceptors (Lipinski definition) is 4. The lowest BCUT2D eigenvalue weighted by Gasteiger charge is -2.14. The quantitative estimate of drug-likeness (QED) is 0.558. The van der Waals surface area contributed by atoms with Crippen molar-refractivity contribution in [3.63, 3.8) is 0 Å². The van der Waals surface area contributed by atoms with Gasteiger partial charge in [0, 0.05) is 22.7 Å². The Labute approximate surface area is 127 Å². The first-order chi connectivity index (χ1) is 9.65. The molecule has 8 N–H and O–H groups in total. The Morgan fingerprint density at radius 3 is 1.24 bits per heavy atom. The predicted octanol–water partition coefficient (Wildman–Crippen LogP) is 3.24. The lowest BCUT2D eigenvalue weighted by Crippen LogP contribution is -2.04. The van der Waals surface area contributed by atoms with Gasteiger partial charge in [0.05, 0.1) is 0 Å². The number of nitrogens with two attached hydrogens (primary N) is 4. The molecule has 21 heavy (non-hydrogen) atoms. The number of rotatable bonds is 0. The largest absolute Gasteiger partial charge is 0.399 e. The number of benzene rings is 2. The fraction of sp³-hybridized carbons (Fsp3) is 0.294. The summed E-state index contributed by atoms with van der Waals surface area (Å²) in [6, 6.07) is 5.51. The third-order valence-electron chi connectivity index (χ3n) is 3.86. The zero-order valence-electron chi connectivity index (χ0n) is 13.5. The van der Waals surface area contributed by atoms with Crippen LogP contribution in [0.2, 0.25) is 0 Å². The van der Waals surface area contributed by atoms with Crippen molar-refractivity contribution < 1.29 is 0 Å². The molecule has 2 rings (SSSR count). The molecule has 0 bridgehead atoms. The van der Waals surface area contributed by atoms with Crippen LogP contribution in [0, 0.1) is 34.6 Å². The monoisotopic (exact) mass is 286 g/mol. The number of anilines is 4. The molecule has 114 valence electrons. The van der Waals surface area contributed by atoms with Crippen molar-refractivity contribution in [1.82, 2.24) is 0 Å². The maximum atomic E-state index is 5.87. The van der Waals surface area contributed by atoms with E-state index in [1.54, 1.807) is 6.07 Å². The van der Waals surface area contributed by atoms with Crippen molar-refractivity contribution >= 4 is 22.7 Å². The highest BCUT2D eigenvalue weighted by atomic mass is 14.6. The van der Waals surface area contributed by atoms with Crippen molar-refractivity contribution in [1.29, 1.82) is 0 Å². The van der Waals surface area contributed by atoms with Crippen LogP contribution < -0.4 is 22.9 Å². The van der Waals surface area contributed by atoms with Gasteiger partial charge in [-0.25, -0.2) is 0 Å². The summed E-state index contributed by atoms with van der Waals surface area (Å²) in [4.78, 5) is 0. The van der Waals surface area contributed by atoms with E-state index in [9.17, 15) is 0 Å². The third-order valence-corrected chi connectivity index (χ3v) is 3.86. The lowest BCUT2D eigenvalue weighted by molar-refractivity contribution is 1.24. The molecule has 0 aromatic heterocycles. The van der Waals surface area contributed by atoms with Gasteiger partial charge in [-0.1, -0.05) is 0 Å². The molecular weight excluding hydrogens is 260 g/mol. The lowest BCUT2D eigenvalue weighted by atomic mass is 9.96. The van der Waals surface area contributed by atoms with Crippen molar-refractivity contribution in [3.05, 3.63) is 46.0 Å². The molecule has 4 nitrogen and oxygen atoms in total. The van der Waals surface area contributed by atoms with Crippen LogP contribution in [0.5, 0.6) is 0 Å². The van der Waals surface area contributed by atoms with E-state index in [0.29, 0.717) is 0 Å². The summed E-state index contributed by atoms with van der Waals surface area (Å²) in [5.74, 6) is 0. The van der Waals surface area contributed by atoms with Gasteiger partial charge in [-0.15, -0.1) is 0 Å². The second-order valence-electron chi connectivity index (χ2n) is 5.50. The van der Waals surface area contributed by atoms with Crippen molar-refractivity contribution in [2.24, 2.45) is 0 Å². The molecule has 0 aliphatic heterocycles. The highest BCUT2D eigenvalue weighted by molar-refractivity contribution is 5.70. The van der Waals surface area contributed by atoms with Crippen LogP contribution in [0.15, 0.2) is 18.2 Å². The maximum absolute atomic E-state index is 5.87. The Kier molecular flexibility index (Phi) is 5.08. The Morgan fingerprint density at radius 1 is 0.524 bits per heavy atom. The number of nitrogen functional groups attached to an aromatic ring is 4. The summed E-state index contributed by atoms with van der Waals surface area (Å²) in [7, 11) is 0. The van der Waals surface area contributed by atoms with E-state index in [-0.39, 0.29) is 0 Å². The zero-order valence-corrected chi connectivity index (χ0v) is 13.5. The Bertz CT molecular complexity index is 505. The molecule has 2 aromatic rings. The second-order valence-corrected chi connectivity index (χ2v) is 5.50. The normalized spacial score (nSPS) is 9.95. The summed E-state index contributed by atoms with van der Waals surface area (Å²) in [6.07, 6.45) is 0. The minimum Gasteiger partial charge on any atom is -0.399 e. The average Bonchev–Trinajstić information content (AvgIpc) is 2.40. The molecule has 4 heteroatoms. The highest BCUT2D eigenvalue weighted by Crippen LogP contribution is 2.29. The fourth-order valence-electron chi connectivity index (χ4n) is 2.24. The molecule has 0 saturated heterocycles. The minimum absolute atomic E-state index is 0.729. The summed E-state index contributed by atoms with van der Waals surface area (Å²) >= 11 is 0. The van der Waals surface area contributed by atoms with Gasteiger partial charge in [-0.05, 0) is 80.6 Å². The molecular formula is C17H26N4. The molecule has 0 aliphatic carbocycles. The zero-order chi connectivity index (χ0) is 16.3. The van der Waals surface area contributed by atoms with Crippen LogP contribution in [0.25, 0.3) is 0 Å². The van der Waals surface area contributed by atoms with E-state index in [0.717, 1.165) is 45.0 Å². The molecule has 0 amide bonds. The molecule has 2 aromatic carbocycles. The SMILES string of the molecule is Cc1c(C)c(N)c(C)c(N)c1C.Cc1cc(N)cc(N)c1. The van der Waals surface area contributed by atoms with Crippen LogP contribution in [0.4, 0.5) is 22.7 Å². The van der Waals surface area contributed by atoms with Crippen LogP contribution in [0.3, 0.4) is 0 Å². The van der Waals surface area contributed by atoms with E-state index in [1.165, 1.54) is 5.56 Å². The first-order valence-electron chi connectivity index (χ1n) is 6.89. The molecule has 0 fully saturated rings. The molecule has 0 spiro atoms. The Morgan fingerprint density at radius 2 is 0.905 bits per heavy atom. The molecule has 0 heterocycles. The Hall–Kier alpha value is -2.36. The van der Waals surface area contributed by atoms with Gasteiger partial charge in [0.1, 0.15) is 0 Å². The fourth-order valence-corrected chi connectivity index (χ4v) is 2.24. The maximum Gasteiger partial charge on any atom is 0.0397 e. The molecule has 0 atom stereocenters. The minimum atomic E-state index is 0.729. The van der Waals surface area contributed by atoms with Gasteiger partial charge in [-0.2, -0.15) is 0 Å². The van der Waals surface area contributed by atoms with E-state index < -0.39 is 0 Å². The summed E-state index contributed by atoms with van der Waals surface area (Å²) in [6.45, 7) is 10.0. The molecule has 0 unspecified atom stereocenters. The Balaban J connectivity index is 0.000000219. The first kappa shape index (κ1) is 16.7. The average molecular weight is 286 g/mol. The van der Waals surface area contributed by atoms with E-state index in [2.05, 4.69) is 6.92 Å². The van der Waals surface area contributed by atoms with Gasteiger partial charge in [0.2, 0.25) is 0 Å². The van der Waals surface area contributed by atoms with Crippen LogP contribution in [-0.2, 0) is 0 Å². The van der Waals surface area contributed by atoms with Crippen LogP contribution >= 0.6 is 0 Å². The highest BCUT2D eigenvalue weighted by Gasteiger charge is 2.09. The van der Waals surface area contributed by atoms with Crippen molar-refractivity contribution in [2.45, 2.75) is 34.6 Å². The molecule has 0 saturated carbocycles. The van der Waals surface area contributed by atoms with Crippen molar-refractivity contribution in [2.75, 3.05) is 22.9 Å². The predicted molar refractivity (Wildman–Crippen MR) is 94.2 cm³/mol. The van der Waals surface area contributed by atoms with Gasteiger partial charge in [0.25, 0.3) is 0 Å². The summed E-state index contributed by atoms with van der Waals surface area (Å²) in [5, 5.41) is 0. The van der Waals surface area contributed by atoms with Crippen LogP contribution in [-0.4, -0.2) is 0 Å². The molecule has 0 radical (unpaired) electrons. The third kappa shape index (κ3) is 3.81. The van der Waals surface area contributed by atoms with Gasteiger partial charge in [0.15, 0.2) is 0 Å².